The van der Waals surface area contributed by atoms with Crippen LogP contribution in [-0.2, 0) is 11.2 Å². The van der Waals surface area contributed by atoms with E-state index in [2.05, 4.69) is 20.3 Å². The van der Waals surface area contributed by atoms with Crippen LogP contribution in [0.4, 0.5) is 13.2 Å². The highest BCUT2D eigenvalue weighted by atomic mass is 32.1. The Balaban J connectivity index is 0.000000345. The van der Waals surface area contributed by atoms with Gasteiger partial charge in [0.15, 0.2) is 0 Å². The van der Waals surface area contributed by atoms with Crippen LogP contribution in [0.5, 0.6) is 0 Å². The third-order valence-electron chi connectivity index (χ3n) is 3.29. The first-order chi connectivity index (χ1) is 13.3. The number of carboxylic acid groups (broad SMARTS) is 1. The molecule has 148 valence electrons. The van der Waals surface area contributed by atoms with Crippen LogP contribution in [0.1, 0.15) is 16.1 Å². The molecule has 7 nitrogen and oxygen atoms in total. The molecule has 0 fully saturated rings. The molecular weight excluding hydrogens is 397 g/mol. The Labute approximate surface area is 161 Å². The van der Waals surface area contributed by atoms with Crippen molar-refractivity contribution < 1.29 is 27.9 Å². The first-order valence-electron chi connectivity index (χ1n) is 7.82. The molecule has 0 aliphatic heterocycles. The lowest BCUT2D eigenvalue weighted by Crippen LogP contribution is -2.25. The summed E-state index contributed by atoms with van der Waals surface area (Å²) >= 11 is 1.56. The standard InChI is InChI=1S/C15H14N4OS.C2HF3O2/c20-15(18-5-4-13-9-21-10-19-13)12-3-1-2-11(8-12)14-16-6-7-17-14;3-2(4,5)1(6)7/h1-3,6-10H,4-5H2,(H,16,17)(H,18,20);(H,6,7). The maximum Gasteiger partial charge on any atom is 0.490 e. The van der Waals surface area contributed by atoms with E-state index in [1.807, 2.05) is 23.6 Å². The third-order valence-corrected chi connectivity index (χ3v) is 3.92. The molecule has 2 aromatic heterocycles. The molecule has 0 bridgehead atoms. The van der Waals surface area contributed by atoms with Crippen LogP contribution >= 0.6 is 11.3 Å². The van der Waals surface area contributed by atoms with Crippen molar-refractivity contribution in [3.05, 3.63) is 58.8 Å². The summed E-state index contributed by atoms with van der Waals surface area (Å²) in [5.41, 5.74) is 4.32. The minimum Gasteiger partial charge on any atom is -0.475 e. The van der Waals surface area contributed by atoms with Crippen molar-refractivity contribution in [1.29, 1.82) is 0 Å². The van der Waals surface area contributed by atoms with E-state index in [0.29, 0.717) is 12.1 Å². The fourth-order valence-corrected chi connectivity index (χ4v) is 2.59. The van der Waals surface area contributed by atoms with Gasteiger partial charge in [0.1, 0.15) is 5.82 Å². The van der Waals surface area contributed by atoms with Crippen LogP contribution in [0.2, 0.25) is 0 Å². The lowest BCUT2D eigenvalue weighted by molar-refractivity contribution is -0.192. The first-order valence-corrected chi connectivity index (χ1v) is 8.77. The normalized spacial score (nSPS) is 10.7. The molecule has 3 aromatic rings. The van der Waals surface area contributed by atoms with E-state index >= 15 is 0 Å². The van der Waals surface area contributed by atoms with E-state index in [1.54, 1.807) is 35.3 Å². The van der Waals surface area contributed by atoms with Crippen molar-refractivity contribution in [2.45, 2.75) is 12.6 Å². The van der Waals surface area contributed by atoms with Gasteiger partial charge >= 0.3 is 12.1 Å². The molecule has 0 aliphatic carbocycles. The zero-order chi connectivity index (χ0) is 20.6. The number of carbonyl (C=O) groups is 2. The predicted molar refractivity (Wildman–Crippen MR) is 95.9 cm³/mol. The number of carboxylic acids is 1. The van der Waals surface area contributed by atoms with Crippen molar-refractivity contribution in [3.63, 3.8) is 0 Å². The number of aromatic nitrogens is 3. The minimum absolute atomic E-state index is 0.0846. The van der Waals surface area contributed by atoms with Crippen molar-refractivity contribution >= 4 is 23.2 Å². The van der Waals surface area contributed by atoms with Crippen molar-refractivity contribution in [2.75, 3.05) is 6.54 Å². The molecule has 0 spiro atoms. The summed E-state index contributed by atoms with van der Waals surface area (Å²) in [6, 6.07) is 7.40. The van der Waals surface area contributed by atoms with Gasteiger partial charge in [-0.3, -0.25) is 4.79 Å². The van der Waals surface area contributed by atoms with Gasteiger partial charge in [-0.05, 0) is 12.1 Å². The average Bonchev–Trinajstić information content (AvgIpc) is 3.35. The van der Waals surface area contributed by atoms with Crippen molar-refractivity contribution in [3.8, 4) is 11.4 Å². The monoisotopic (exact) mass is 412 g/mol. The maximum absolute atomic E-state index is 12.1. The molecule has 28 heavy (non-hydrogen) atoms. The Morgan fingerprint density at radius 3 is 2.57 bits per heavy atom. The number of aromatic amines is 1. The van der Waals surface area contributed by atoms with E-state index in [0.717, 1.165) is 23.5 Å². The molecule has 1 aromatic carbocycles. The highest BCUT2D eigenvalue weighted by Gasteiger charge is 2.38. The molecule has 0 unspecified atom stereocenters. The molecule has 0 aliphatic rings. The van der Waals surface area contributed by atoms with Gasteiger partial charge < -0.3 is 15.4 Å². The summed E-state index contributed by atoms with van der Waals surface area (Å²) < 4.78 is 31.7. The number of nitrogens with one attached hydrogen (secondary N) is 2. The average molecular weight is 412 g/mol. The van der Waals surface area contributed by atoms with Gasteiger partial charge in [-0.15, -0.1) is 11.3 Å². The number of benzene rings is 1. The number of hydrogen-bond acceptors (Lipinski definition) is 5. The zero-order valence-electron chi connectivity index (χ0n) is 14.2. The Bertz CT molecular complexity index is 897. The number of amides is 1. The van der Waals surface area contributed by atoms with Crippen LogP contribution in [0.25, 0.3) is 11.4 Å². The van der Waals surface area contributed by atoms with E-state index in [1.165, 1.54) is 0 Å². The number of hydrogen-bond donors (Lipinski definition) is 3. The van der Waals surface area contributed by atoms with Gasteiger partial charge in [0.05, 0.1) is 11.2 Å². The van der Waals surface area contributed by atoms with Crippen molar-refractivity contribution in [2.24, 2.45) is 0 Å². The second-order valence-electron chi connectivity index (χ2n) is 5.31. The maximum atomic E-state index is 12.1. The minimum atomic E-state index is -5.08. The summed E-state index contributed by atoms with van der Waals surface area (Å²) in [7, 11) is 0. The van der Waals surface area contributed by atoms with Crippen LogP contribution in [-0.4, -0.2) is 44.7 Å². The first kappa shape index (κ1) is 21.1. The van der Waals surface area contributed by atoms with Gasteiger partial charge in [0.25, 0.3) is 5.91 Å². The second-order valence-corrected chi connectivity index (χ2v) is 6.03. The van der Waals surface area contributed by atoms with E-state index in [-0.39, 0.29) is 5.91 Å². The summed E-state index contributed by atoms with van der Waals surface area (Å²) in [6.07, 6.45) is -0.890. The van der Waals surface area contributed by atoms with Gasteiger partial charge in [0, 0.05) is 41.9 Å². The van der Waals surface area contributed by atoms with Crippen LogP contribution in [0, 0.1) is 0 Å². The van der Waals surface area contributed by atoms with Crippen LogP contribution < -0.4 is 5.32 Å². The SMILES string of the molecule is O=C(NCCc1cscn1)c1cccc(-c2ncc[nH]2)c1.O=C(O)C(F)(F)F. The number of H-pyrrole nitrogens is 1. The molecule has 0 atom stereocenters. The Kier molecular flexibility index (Phi) is 7.27. The Morgan fingerprint density at radius 2 is 2.00 bits per heavy atom. The van der Waals surface area contributed by atoms with Crippen LogP contribution in [0.3, 0.4) is 0 Å². The highest BCUT2D eigenvalue weighted by molar-refractivity contribution is 7.07. The molecular formula is C17H15F3N4O3S. The summed E-state index contributed by atoms with van der Waals surface area (Å²) in [4.78, 5) is 32.4. The number of rotatable bonds is 5. The zero-order valence-corrected chi connectivity index (χ0v) is 15.0. The number of alkyl halides is 3. The number of thiazole rings is 1. The molecule has 3 rings (SSSR count). The summed E-state index contributed by atoms with van der Waals surface area (Å²) in [5, 5.41) is 12.0. The van der Waals surface area contributed by atoms with Gasteiger partial charge in [-0.2, -0.15) is 13.2 Å². The molecule has 0 saturated carbocycles. The number of aliphatic carboxylic acids is 1. The topological polar surface area (TPSA) is 108 Å². The number of nitrogens with zero attached hydrogens (tertiary/aromatic N) is 2. The molecule has 1 amide bonds. The van der Waals surface area contributed by atoms with E-state index in [4.69, 9.17) is 9.90 Å². The van der Waals surface area contributed by atoms with Gasteiger partial charge in [-0.1, -0.05) is 12.1 Å². The lowest BCUT2D eigenvalue weighted by Gasteiger charge is -2.05. The quantitative estimate of drug-likeness (QED) is 0.597. The lowest BCUT2D eigenvalue weighted by atomic mass is 10.1. The third kappa shape index (κ3) is 6.50. The molecule has 0 saturated heterocycles. The van der Waals surface area contributed by atoms with Gasteiger partial charge in [-0.25, -0.2) is 14.8 Å². The smallest absolute Gasteiger partial charge is 0.475 e. The van der Waals surface area contributed by atoms with Crippen LogP contribution in [0.15, 0.2) is 47.5 Å². The summed E-state index contributed by atoms with van der Waals surface area (Å²) in [5.74, 6) is -2.08. The fraction of sp³-hybridized carbons (Fsp3) is 0.176. The molecule has 2 heterocycles. The number of imidazole rings is 1. The number of halogens is 3. The second kappa shape index (κ2) is 9.65. The highest BCUT2D eigenvalue weighted by Crippen LogP contribution is 2.16. The predicted octanol–water partition coefficient (Wildman–Crippen LogP) is 3.14. The van der Waals surface area contributed by atoms with Gasteiger partial charge in [0.2, 0.25) is 0 Å². The Hall–Kier alpha value is -3.21. The largest absolute Gasteiger partial charge is 0.490 e. The van der Waals surface area contributed by atoms with E-state index < -0.39 is 12.1 Å². The fourth-order valence-electron chi connectivity index (χ4n) is 2.00. The molecule has 3 N–H and O–H groups in total. The Morgan fingerprint density at radius 1 is 1.25 bits per heavy atom. The van der Waals surface area contributed by atoms with Crippen molar-refractivity contribution in [1.82, 2.24) is 20.3 Å². The van der Waals surface area contributed by atoms with E-state index in [9.17, 15) is 18.0 Å². The molecule has 11 heteroatoms. The summed E-state index contributed by atoms with van der Waals surface area (Å²) in [6.45, 7) is 0.577. The number of carbonyl (C=O) groups excluding carboxylic acids is 1. The molecule has 0 radical (unpaired) electrons.